The highest BCUT2D eigenvalue weighted by atomic mass is 19.4. The summed E-state index contributed by atoms with van der Waals surface area (Å²) in [5.41, 5.74) is 12.1. The first-order chi connectivity index (χ1) is 7.33. The van der Waals surface area contributed by atoms with Gasteiger partial charge in [-0.25, -0.2) is 0 Å². The predicted molar refractivity (Wildman–Crippen MR) is 59.2 cm³/mol. The van der Waals surface area contributed by atoms with Gasteiger partial charge in [0.15, 0.2) is 0 Å². The number of nitrogen functional groups attached to an aromatic ring is 2. The molecule has 0 bridgehead atoms. The third-order valence-corrected chi connectivity index (χ3v) is 2.19. The molecule has 0 fully saturated rings. The van der Waals surface area contributed by atoms with Crippen molar-refractivity contribution in [2.24, 2.45) is 0 Å². The van der Waals surface area contributed by atoms with Crippen LogP contribution in [-0.4, -0.2) is 19.3 Å². The fourth-order valence-electron chi connectivity index (χ4n) is 1.36. The molecule has 0 amide bonds. The van der Waals surface area contributed by atoms with Gasteiger partial charge in [-0.2, -0.15) is 13.2 Å². The number of benzene rings is 1. The zero-order chi connectivity index (χ0) is 12.3. The van der Waals surface area contributed by atoms with E-state index in [0.29, 0.717) is 11.4 Å². The Morgan fingerprint density at radius 2 is 1.81 bits per heavy atom. The molecule has 1 aromatic carbocycles. The summed E-state index contributed by atoms with van der Waals surface area (Å²) < 4.78 is 36.8. The quantitative estimate of drug-likeness (QED) is 0.787. The highest BCUT2D eigenvalue weighted by Gasteiger charge is 2.30. The lowest BCUT2D eigenvalue weighted by Crippen LogP contribution is -2.34. The molecule has 1 rings (SSSR count). The van der Waals surface area contributed by atoms with Gasteiger partial charge < -0.3 is 16.4 Å². The number of rotatable bonds is 3. The Morgan fingerprint density at radius 3 is 2.25 bits per heavy atom. The van der Waals surface area contributed by atoms with E-state index in [1.54, 1.807) is 6.92 Å². The van der Waals surface area contributed by atoms with Gasteiger partial charge >= 0.3 is 6.18 Å². The molecule has 0 unspecified atom stereocenters. The maximum absolute atomic E-state index is 12.3. The van der Waals surface area contributed by atoms with Crippen molar-refractivity contribution in [2.75, 3.05) is 29.5 Å². The van der Waals surface area contributed by atoms with Crippen molar-refractivity contribution in [2.45, 2.75) is 13.1 Å². The molecule has 6 heteroatoms. The largest absolute Gasteiger partial charge is 0.405 e. The van der Waals surface area contributed by atoms with E-state index in [4.69, 9.17) is 11.5 Å². The highest BCUT2D eigenvalue weighted by molar-refractivity contribution is 5.69. The number of alkyl halides is 3. The Hall–Kier alpha value is -1.59. The van der Waals surface area contributed by atoms with E-state index in [-0.39, 0.29) is 12.2 Å². The summed E-state index contributed by atoms with van der Waals surface area (Å²) in [6, 6.07) is 4.48. The van der Waals surface area contributed by atoms with Crippen molar-refractivity contribution in [3.63, 3.8) is 0 Å². The zero-order valence-corrected chi connectivity index (χ0v) is 8.88. The number of nitrogens with zero attached hydrogens (tertiary/aromatic N) is 1. The van der Waals surface area contributed by atoms with Gasteiger partial charge in [0.1, 0.15) is 6.54 Å². The SMILES string of the molecule is CCN(CC(F)(F)F)c1ccc(N)c(N)c1. The smallest absolute Gasteiger partial charge is 0.397 e. The highest BCUT2D eigenvalue weighted by Crippen LogP contribution is 2.26. The van der Waals surface area contributed by atoms with Crippen LogP contribution in [0.1, 0.15) is 6.92 Å². The third kappa shape index (κ3) is 3.22. The Balaban J connectivity index is 2.91. The van der Waals surface area contributed by atoms with Crippen LogP contribution in [0.5, 0.6) is 0 Å². The molecule has 0 aliphatic heterocycles. The van der Waals surface area contributed by atoms with Gasteiger partial charge in [-0.1, -0.05) is 0 Å². The lowest BCUT2D eigenvalue weighted by Gasteiger charge is -2.24. The van der Waals surface area contributed by atoms with Crippen LogP contribution < -0.4 is 16.4 Å². The maximum Gasteiger partial charge on any atom is 0.405 e. The predicted octanol–water partition coefficient (Wildman–Crippen LogP) is 2.24. The molecule has 0 radical (unpaired) electrons. The normalized spacial score (nSPS) is 11.5. The molecule has 0 atom stereocenters. The van der Waals surface area contributed by atoms with Crippen LogP contribution in [0.3, 0.4) is 0 Å². The summed E-state index contributed by atoms with van der Waals surface area (Å²) in [6.07, 6.45) is -4.23. The second-order valence-corrected chi connectivity index (χ2v) is 3.44. The molecule has 0 aliphatic rings. The standard InChI is InChI=1S/C10H14F3N3/c1-2-16(6-10(11,12)13)7-3-4-8(14)9(15)5-7/h3-5H,2,6,14-15H2,1H3. The molecule has 1 aromatic rings. The molecule has 0 saturated heterocycles. The minimum absolute atomic E-state index is 0.253. The first kappa shape index (κ1) is 12.5. The topological polar surface area (TPSA) is 55.3 Å². The molecule has 3 nitrogen and oxygen atoms in total. The maximum atomic E-state index is 12.3. The molecule has 0 spiro atoms. The van der Waals surface area contributed by atoms with E-state index in [2.05, 4.69) is 0 Å². The minimum atomic E-state index is -4.23. The van der Waals surface area contributed by atoms with Crippen LogP contribution in [0.2, 0.25) is 0 Å². The Labute approximate surface area is 91.8 Å². The number of anilines is 3. The fourth-order valence-corrected chi connectivity index (χ4v) is 1.36. The van der Waals surface area contributed by atoms with Crippen molar-refractivity contribution in [1.82, 2.24) is 0 Å². The van der Waals surface area contributed by atoms with Gasteiger partial charge in [0.2, 0.25) is 0 Å². The van der Waals surface area contributed by atoms with Crippen molar-refractivity contribution in [1.29, 1.82) is 0 Å². The number of nitrogens with two attached hydrogens (primary N) is 2. The zero-order valence-electron chi connectivity index (χ0n) is 8.88. The molecule has 0 saturated carbocycles. The molecule has 0 aromatic heterocycles. The number of hydrogen-bond acceptors (Lipinski definition) is 3. The van der Waals surface area contributed by atoms with Gasteiger partial charge in [0.25, 0.3) is 0 Å². The van der Waals surface area contributed by atoms with Gasteiger partial charge in [-0.15, -0.1) is 0 Å². The van der Waals surface area contributed by atoms with Crippen molar-refractivity contribution < 1.29 is 13.2 Å². The van der Waals surface area contributed by atoms with Gasteiger partial charge in [-0.3, -0.25) is 0 Å². The summed E-state index contributed by atoms with van der Waals surface area (Å²) >= 11 is 0. The molecule has 0 aliphatic carbocycles. The number of halogens is 3. The fraction of sp³-hybridized carbons (Fsp3) is 0.400. The summed E-state index contributed by atoms with van der Waals surface area (Å²) in [5.74, 6) is 0. The van der Waals surface area contributed by atoms with Crippen LogP contribution >= 0.6 is 0 Å². The van der Waals surface area contributed by atoms with Crippen LogP contribution in [0.25, 0.3) is 0 Å². The molecule has 16 heavy (non-hydrogen) atoms. The third-order valence-electron chi connectivity index (χ3n) is 2.19. The van der Waals surface area contributed by atoms with Crippen LogP contribution in [0, 0.1) is 0 Å². The second-order valence-electron chi connectivity index (χ2n) is 3.44. The van der Waals surface area contributed by atoms with Gasteiger partial charge in [0.05, 0.1) is 11.4 Å². The van der Waals surface area contributed by atoms with Gasteiger partial charge in [0, 0.05) is 12.2 Å². The van der Waals surface area contributed by atoms with E-state index in [1.165, 1.54) is 23.1 Å². The monoisotopic (exact) mass is 233 g/mol. The van der Waals surface area contributed by atoms with Crippen LogP contribution in [0.15, 0.2) is 18.2 Å². The van der Waals surface area contributed by atoms with E-state index in [1.807, 2.05) is 0 Å². The Kier molecular flexibility index (Phi) is 3.51. The van der Waals surface area contributed by atoms with Crippen LogP contribution in [0.4, 0.5) is 30.2 Å². The minimum Gasteiger partial charge on any atom is -0.397 e. The number of hydrogen-bond donors (Lipinski definition) is 2. The lowest BCUT2D eigenvalue weighted by molar-refractivity contribution is -0.119. The van der Waals surface area contributed by atoms with Crippen LogP contribution in [-0.2, 0) is 0 Å². The second kappa shape index (κ2) is 4.51. The van der Waals surface area contributed by atoms with Crippen molar-refractivity contribution >= 4 is 17.1 Å². The Morgan fingerprint density at radius 1 is 1.19 bits per heavy atom. The molecule has 90 valence electrons. The summed E-state index contributed by atoms with van der Waals surface area (Å²) in [4.78, 5) is 1.19. The van der Waals surface area contributed by atoms with E-state index >= 15 is 0 Å². The Bertz CT molecular complexity index is 363. The van der Waals surface area contributed by atoms with E-state index in [9.17, 15) is 13.2 Å². The van der Waals surface area contributed by atoms with Gasteiger partial charge in [-0.05, 0) is 25.1 Å². The summed E-state index contributed by atoms with van der Waals surface area (Å²) in [6.45, 7) is 0.911. The molecule has 4 N–H and O–H groups in total. The first-order valence-electron chi connectivity index (χ1n) is 4.80. The average Bonchev–Trinajstić information content (AvgIpc) is 2.17. The summed E-state index contributed by atoms with van der Waals surface area (Å²) in [7, 11) is 0. The average molecular weight is 233 g/mol. The first-order valence-corrected chi connectivity index (χ1v) is 4.80. The van der Waals surface area contributed by atoms with E-state index < -0.39 is 12.7 Å². The van der Waals surface area contributed by atoms with Crippen molar-refractivity contribution in [3.05, 3.63) is 18.2 Å². The van der Waals surface area contributed by atoms with Crippen molar-refractivity contribution in [3.8, 4) is 0 Å². The molecular weight excluding hydrogens is 219 g/mol. The summed E-state index contributed by atoms with van der Waals surface area (Å²) in [5, 5.41) is 0. The molecule has 0 heterocycles. The lowest BCUT2D eigenvalue weighted by atomic mass is 10.2. The molecular formula is C10H14F3N3. The van der Waals surface area contributed by atoms with E-state index in [0.717, 1.165) is 0 Å².